The van der Waals surface area contributed by atoms with Gasteiger partial charge in [0.1, 0.15) is 11.7 Å². The van der Waals surface area contributed by atoms with Crippen molar-refractivity contribution < 1.29 is 14.4 Å². The van der Waals surface area contributed by atoms with Crippen molar-refractivity contribution in [1.29, 1.82) is 0 Å². The van der Waals surface area contributed by atoms with Crippen molar-refractivity contribution in [2.45, 2.75) is 39.3 Å². The second-order valence-corrected chi connectivity index (χ2v) is 12.8. The minimum absolute atomic E-state index is 0.209. The Balaban J connectivity index is 1.33. The van der Waals surface area contributed by atoms with Crippen LogP contribution in [0.5, 0.6) is 0 Å². The van der Waals surface area contributed by atoms with Gasteiger partial charge in [0.15, 0.2) is 0 Å². The first-order chi connectivity index (χ1) is 23.2. The molecule has 0 aliphatic carbocycles. The van der Waals surface area contributed by atoms with Crippen molar-refractivity contribution in [3.05, 3.63) is 131 Å². The molecule has 3 unspecified atom stereocenters. The molecular weight excluding hydrogens is 598 g/mol. The highest BCUT2D eigenvalue weighted by Crippen LogP contribution is 2.48. The fraction of sp³-hybridized carbons (Fsp3) is 0.225. The number of carbonyl (C=O) groups is 3. The van der Waals surface area contributed by atoms with Gasteiger partial charge in [-0.25, -0.2) is 0 Å². The SMILES string of the molecule is CCC(C)C(C(=O)NNC(=O)c1cc2ccccc2n1C)N1C(=O)c2ccccc2C1c1c(-c2ccc(C)cc2)n(C)c2ccccc12. The number of nitrogens with one attached hydrogen (secondary N) is 2. The maximum atomic E-state index is 14.5. The molecule has 3 amide bonds. The Labute approximate surface area is 279 Å². The fourth-order valence-corrected chi connectivity index (χ4v) is 7.32. The molecule has 0 radical (unpaired) electrons. The van der Waals surface area contributed by atoms with E-state index in [0.29, 0.717) is 17.7 Å². The van der Waals surface area contributed by atoms with Gasteiger partial charge in [-0.3, -0.25) is 25.2 Å². The smallest absolute Gasteiger partial charge is 0.286 e. The minimum Gasteiger partial charge on any atom is -0.343 e. The van der Waals surface area contributed by atoms with Gasteiger partial charge < -0.3 is 14.0 Å². The van der Waals surface area contributed by atoms with E-state index >= 15 is 0 Å². The van der Waals surface area contributed by atoms with Crippen LogP contribution < -0.4 is 10.9 Å². The van der Waals surface area contributed by atoms with Gasteiger partial charge in [0, 0.05) is 47.0 Å². The number of aromatic nitrogens is 2. The van der Waals surface area contributed by atoms with E-state index < -0.39 is 23.9 Å². The van der Waals surface area contributed by atoms with Crippen LogP contribution in [0, 0.1) is 12.8 Å². The number of hydrazine groups is 1. The van der Waals surface area contributed by atoms with E-state index in [2.05, 4.69) is 65.8 Å². The second kappa shape index (κ2) is 12.2. The number of nitrogens with zero attached hydrogens (tertiary/aromatic N) is 3. The molecule has 2 aromatic heterocycles. The number of aryl methyl sites for hydroxylation is 3. The number of hydrogen-bond acceptors (Lipinski definition) is 3. The van der Waals surface area contributed by atoms with Crippen LogP contribution in [0.15, 0.2) is 103 Å². The summed E-state index contributed by atoms with van der Waals surface area (Å²) in [6, 6.07) is 32.4. The zero-order valence-corrected chi connectivity index (χ0v) is 27.8. The quantitative estimate of drug-likeness (QED) is 0.184. The first-order valence-electron chi connectivity index (χ1n) is 16.4. The Bertz CT molecular complexity index is 2210. The van der Waals surface area contributed by atoms with E-state index in [1.165, 1.54) is 0 Å². The first kappa shape index (κ1) is 31.0. The average molecular weight is 638 g/mol. The zero-order valence-electron chi connectivity index (χ0n) is 27.8. The summed E-state index contributed by atoms with van der Waals surface area (Å²) in [4.78, 5) is 44.0. The van der Waals surface area contributed by atoms with E-state index in [1.807, 2.05) is 81.6 Å². The number of hydrogen-bond donors (Lipinski definition) is 2. The molecule has 6 aromatic rings. The molecule has 1 aliphatic rings. The number of amides is 3. The molecule has 3 heterocycles. The molecule has 0 saturated carbocycles. The summed E-state index contributed by atoms with van der Waals surface area (Å²) in [6.07, 6.45) is 0.641. The van der Waals surface area contributed by atoms with E-state index in [-0.39, 0.29) is 11.8 Å². The first-order valence-corrected chi connectivity index (χ1v) is 16.4. The molecular formula is C40H39N5O3. The third-order valence-corrected chi connectivity index (χ3v) is 9.98. The van der Waals surface area contributed by atoms with Gasteiger partial charge in [-0.15, -0.1) is 0 Å². The number of rotatable bonds is 7. The molecule has 2 N–H and O–H groups in total. The average Bonchev–Trinajstić information content (AvgIpc) is 3.70. The highest BCUT2D eigenvalue weighted by Gasteiger charge is 2.47. The van der Waals surface area contributed by atoms with Gasteiger partial charge in [-0.2, -0.15) is 0 Å². The van der Waals surface area contributed by atoms with Crippen LogP contribution in [-0.2, 0) is 18.9 Å². The summed E-state index contributed by atoms with van der Waals surface area (Å²) in [5.74, 6) is -1.31. The monoisotopic (exact) mass is 637 g/mol. The maximum absolute atomic E-state index is 14.5. The molecule has 0 saturated heterocycles. The van der Waals surface area contributed by atoms with E-state index in [4.69, 9.17) is 0 Å². The van der Waals surface area contributed by atoms with Crippen LogP contribution >= 0.6 is 0 Å². The zero-order chi connectivity index (χ0) is 33.7. The minimum atomic E-state index is -0.877. The number of fused-ring (bicyclic) bond motifs is 3. The Morgan fingerprint density at radius 1 is 0.812 bits per heavy atom. The van der Waals surface area contributed by atoms with Crippen LogP contribution in [0.3, 0.4) is 0 Å². The predicted octanol–water partition coefficient (Wildman–Crippen LogP) is 7.07. The Hall–Kier alpha value is -5.63. The second-order valence-electron chi connectivity index (χ2n) is 12.8. The summed E-state index contributed by atoms with van der Waals surface area (Å²) >= 11 is 0. The van der Waals surface area contributed by atoms with Crippen molar-refractivity contribution in [2.24, 2.45) is 20.0 Å². The number of para-hydroxylation sites is 2. The lowest BCUT2D eigenvalue weighted by Crippen LogP contribution is -2.56. The van der Waals surface area contributed by atoms with Gasteiger partial charge in [-0.05, 0) is 48.2 Å². The fourth-order valence-electron chi connectivity index (χ4n) is 7.32. The molecule has 48 heavy (non-hydrogen) atoms. The molecule has 8 heteroatoms. The highest BCUT2D eigenvalue weighted by molar-refractivity contribution is 6.05. The van der Waals surface area contributed by atoms with Gasteiger partial charge in [0.25, 0.3) is 17.7 Å². The Morgan fingerprint density at radius 3 is 2.21 bits per heavy atom. The molecule has 4 aromatic carbocycles. The molecule has 0 fully saturated rings. The highest BCUT2D eigenvalue weighted by atomic mass is 16.2. The lowest BCUT2D eigenvalue weighted by Gasteiger charge is -2.36. The van der Waals surface area contributed by atoms with Crippen molar-refractivity contribution in [3.8, 4) is 11.3 Å². The Kier molecular flexibility index (Phi) is 7.87. The summed E-state index contributed by atoms with van der Waals surface area (Å²) in [5.41, 5.74) is 13.3. The summed E-state index contributed by atoms with van der Waals surface area (Å²) in [5, 5.41) is 1.94. The van der Waals surface area contributed by atoms with Gasteiger partial charge in [-0.1, -0.05) is 105 Å². The Morgan fingerprint density at radius 2 is 1.48 bits per heavy atom. The van der Waals surface area contributed by atoms with Crippen molar-refractivity contribution in [1.82, 2.24) is 24.9 Å². The van der Waals surface area contributed by atoms with Crippen LogP contribution in [0.4, 0.5) is 0 Å². The van der Waals surface area contributed by atoms with Crippen molar-refractivity contribution in [3.63, 3.8) is 0 Å². The van der Waals surface area contributed by atoms with Gasteiger partial charge in [0.2, 0.25) is 0 Å². The third-order valence-electron chi connectivity index (χ3n) is 9.98. The van der Waals surface area contributed by atoms with E-state index in [9.17, 15) is 14.4 Å². The van der Waals surface area contributed by atoms with Gasteiger partial charge in [0.05, 0.1) is 11.7 Å². The lowest BCUT2D eigenvalue weighted by atomic mass is 9.90. The van der Waals surface area contributed by atoms with Gasteiger partial charge >= 0.3 is 0 Å². The standard InChI is InChI=1S/C40H39N5O3/c1-6-25(3)35(39(47)42-41-38(46)33-23-27-13-7-11-17-31(27)43(33)4)45-37(28-14-8-9-15-29(28)40(45)48)34-30-16-10-12-18-32(30)44(5)36(34)26-21-19-24(2)20-22-26/h7-23,25,35,37H,6H2,1-5H3,(H,41,46)(H,42,47). The normalized spacial score (nSPS) is 15.5. The lowest BCUT2D eigenvalue weighted by molar-refractivity contribution is -0.128. The molecule has 3 atom stereocenters. The number of benzene rings is 4. The van der Waals surface area contributed by atoms with Crippen LogP contribution in [0.25, 0.3) is 33.1 Å². The summed E-state index contributed by atoms with van der Waals surface area (Å²) in [6.45, 7) is 6.05. The third kappa shape index (κ3) is 4.96. The predicted molar refractivity (Wildman–Crippen MR) is 189 cm³/mol. The number of carbonyl (C=O) groups excluding carboxylic acids is 3. The van der Waals surface area contributed by atoms with E-state index in [0.717, 1.165) is 49.8 Å². The molecule has 1 aliphatic heterocycles. The van der Waals surface area contributed by atoms with E-state index in [1.54, 1.807) is 15.5 Å². The summed E-state index contributed by atoms with van der Waals surface area (Å²) < 4.78 is 3.98. The van der Waals surface area contributed by atoms with Crippen LogP contribution in [0.2, 0.25) is 0 Å². The molecule has 0 spiro atoms. The molecule has 8 nitrogen and oxygen atoms in total. The largest absolute Gasteiger partial charge is 0.343 e. The molecule has 7 rings (SSSR count). The topological polar surface area (TPSA) is 88.4 Å². The van der Waals surface area contributed by atoms with Crippen molar-refractivity contribution in [2.75, 3.05) is 0 Å². The summed E-state index contributed by atoms with van der Waals surface area (Å²) in [7, 11) is 3.87. The van der Waals surface area contributed by atoms with Crippen LogP contribution in [-0.4, -0.2) is 37.8 Å². The molecule has 242 valence electrons. The van der Waals surface area contributed by atoms with Crippen LogP contribution in [0.1, 0.15) is 63.8 Å². The van der Waals surface area contributed by atoms with Crippen molar-refractivity contribution >= 4 is 39.5 Å². The molecule has 0 bridgehead atoms. The maximum Gasteiger partial charge on any atom is 0.286 e.